The molecular formula is C11H21NO2S. The zero-order valence-corrected chi connectivity index (χ0v) is 10.4. The lowest BCUT2D eigenvalue weighted by molar-refractivity contribution is -0.143. The molecule has 2 atom stereocenters. The summed E-state index contributed by atoms with van der Waals surface area (Å²) in [7, 11) is 0. The summed E-state index contributed by atoms with van der Waals surface area (Å²) in [5.41, 5.74) is 0. The number of ether oxygens (including phenoxy) is 1. The molecule has 1 aliphatic rings. The molecule has 88 valence electrons. The van der Waals surface area contributed by atoms with Crippen LogP contribution in [-0.2, 0) is 9.53 Å². The van der Waals surface area contributed by atoms with E-state index in [0.29, 0.717) is 13.0 Å². The van der Waals surface area contributed by atoms with Gasteiger partial charge in [-0.1, -0.05) is 0 Å². The zero-order chi connectivity index (χ0) is 11.1. The number of carbonyl (C=O) groups excluding carboxylic acids is 1. The Morgan fingerprint density at radius 2 is 2.47 bits per heavy atom. The number of thioether (sulfide) groups is 1. The van der Waals surface area contributed by atoms with Crippen LogP contribution >= 0.6 is 11.8 Å². The Bertz CT molecular complexity index is 193. The van der Waals surface area contributed by atoms with Gasteiger partial charge in [0, 0.05) is 17.8 Å². The molecule has 0 aromatic rings. The Labute approximate surface area is 96.3 Å². The van der Waals surface area contributed by atoms with E-state index in [9.17, 15) is 4.79 Å². The van der Waals surface area contributed by atoms with Crippen LogP contribution in [0.25, 0.3) is 0 Å². The largest absolute Gasteiger partial charge is 0.466 e. The van der Waals surface area contributed by atoms with Crippen molar-refractivity contribution in [2.75, 3.05) is 18.9 Å². The van der Waals surface area contributed by atoms with Gasteiger partial charge in [0.15, 0.2) is 0 Å². The van der Waals surface area contributed by atoms with E-state index in [1.807, 2.05) is 25.6 Å². The topological polar surface area (TPSA) is 38.3 Å². The fourth-order valence-corrected chi connectivity index (χ4v) is 2.89. The van der Waals surface area contributed by atoms with Gasteiger partial charge in [0.25, 0.3) is 0 Å². The maximum atomic E-state index is 11.2. The lowest BCUT2D eigenvalue weighted by Crippen LogP contribution is -2.33. The van der Waals surface area contributed by atoms with Gasteiger partial charge >= 0.3 is 5.97 Å². The third-order valence-corrected chi connectivity index (χ3v) is 3.89. The van der Waals surface area contributed by atoms with Crippen LogP contribution in [0, 0.1) is 0 Å². The van der Waals surface area contributed by atoms with Crippen molar-refractivity contribution in [3.05, 3.63) is 0 Å². The second kappa shape index (κ2) is 7.12. The maximum absolute atomic E-state index is 11.2. The SMILES string of the molecule is CCOC(=O)CC(C)NCC1CCCS1. The summed E-state index contributed by atoms with van der Waals surface area (Å²) in [4.78, 5) is 11.2. The summed E-state index contributed by atoms with van der Waals surface area (Å²) in [6, 6.07) is 0.227. The van der Waals surface area contributed by atoms with E-state index in [0.717, 1.165) is 11.8 Å². The van der Waals surface area contributed by atoms with Crippen molar-refractivity contribution in [2.45, 2.75) is 44.4 Å². The molecule has 1 heterocycles. The smallest absolute Gasteiger partial charge is 0.307 e. The number of hydrogen-bond donors (Lipinski definition) is 1. The maximum Gasteiger partial charge on any atom is 0.307 e. The molecule has 1 saturated heterocycles. The van der Waals surface area contributed by atoms with Gasteiger partial charge in [0.05, 0.1) is 13.0 Å². The van der Waals surface area contributed by atoms with Crippen LogP contribution < -0.4 is 5.32 Å². The second-order valence-corrected chi connectivity index (χ2v) is 5.36. The highest BCUT2D eigenvalue weighted by Crippen LogP contribution is 2.25. The first-order valence-electron chi connectivity index (χ1n) is 5.73. The summed E-state index contributed by atoms with van der Waals surface area (Å²) < 4.78 is 4.90. The van der Waals surface area contributed by atoms with Crippen molar-refractivity contribution in [3.63, 3.8) is 0 Å². The molecule has 0 aromatic carbocycles. The third kappa shape index (κ3) is 5.42. The Hall–Kier alpha value is -0.220. The van der Waals surface area contributed by atoms with E-state index < -0.39 is 0 Å². The van der Waals surface area contributed by atoms with E-state index in [1.165, 1.54) is 18.6 Å². The van der Waals surface area contributed by atoms with E-state index in [1.54, 1.807) is 0 Å². The average Bonchev–Trinajstić information content (AvgIpc) is 2.67. The van der Waals surface area contributed by atoms with Gasteiger partial charge in [-0.15, -0.1) is 0 Å². The normalized spacial score (nSPS) is 22.7. The van der Waals surface area contributed by atoms with Crippen molar-refractivity contribution >= 4 is 17.7 Å². The molecule has 0 bridgehead atoms. The standard InChI is InChI=1S/C11H21NO2S/c1-3-14-11(13)7-9(2)12-8-10-5-4-6-15-10/h9-10,12H,3-8H2,1-2H3. The number of hydrogen-bond acceptors (Lipinski definition) is 4. The van der Waals surface area contributed by atoms with E-state index in [2.05, 4.69) is 5.32 Å². The highest BCUT2D eigenvalue weighted by Gasteiger charge is 2.17. The molecule has 0 aromatic heterocycles. The fraction of sp³-hybridized carbons (Fsp3) is 0.909. The molecule has 0 spiro atoms. The van der Waals surface area contributed by atoms with Crippen LogP contribution in [0.1, 0.15) is 33.1 Å². The predicted octanol–water partition coefficient (Wildman–Crippen LogP) is 1.81. The van der Waals surface area contributed by atoms with Gasteiger partial charge in [-0.3, -0.25) is 4.79 Å². The van der Waals surface area contributed by atoms with Crippen LogP contribution in [0.5, 0.6) is 0 Å². The van der Waals surface area contributed by atoms with Crippen molar-refractivity contribution < 1.29 is 9.53 Å². The molecular weight excluding hydrogens is 210 g/mol. The highest BCUT2D eigenvalue weighted by molar-refractivity contribution is 8.00. The summed E-state index contributed by atoms with van der Waals surface area (Å²) in [6.45, 7) is 5.37. The molecule has 1 aliphatic heterocycles. The minimum atomic E-state index is -0.100. The fourth-order valence-electron chi connectivity index (χ4n) is 1.68. The lowest BCUT2D eigenvalue weighted by Gasteiger charge is -2.15. The Kier molecular flexibility index (Phi) is 6.10. The quantitative estimate of drug-likeness (QED) is 0.708. The van der Waals surface area contributed by atoms with Gasteiger partial charge < -0.3 is 10.1 Å². The monoisotopic (exact) mass is 231 g/mol. The van der Waals surface area contributed by atoms with Crippen molar-refractivity contribution in [1.29, 1.82) is 0 Å². The van der Waals surface area contributed by atoms with Crippen LogP contribution in [0.3, 0.4) is 0 Å². The van der Waals surface area contributed by atoms with Crippen LogP contribution in [0.15, 0.2) is 0 Å². The molecule has 15 heavy (non-hydrogen) atoms. The molecule has 0 radical (unpaired) electrons. The molecule has 1 fully saturated rings. The molecule has 0 saturated carbocycles. The van der Waals surface area contributed by atoms with Crippen molar-refractivity contribution in [1.82, 2.24) is 5.32 Å². The number of nitrogens with one attached hydrogen (secondary N) is 1. The Morgan fingerprint density at radius 1 is 1.67 bits per heavy atom. The number of carbonyl (C=O) groups is 1. The summed E-state index contributed by atoms with van der Waals surface area (Å²) >= 11 is 2.03. The molecule has 0 aliphatic carbocycles. The number of rotatable bonds is 6. The Morgan fingerprint density at radius 3 is 3.07 bits per heavy atom. The van der Waals surface area contributed by atoms with Gasteiger partial charge in [-0.25, -0.2) is 0 Å². The molecule has 4 heteroatoms. The van der Waals surface area contributed by atoms with Gasteiger partial charge in [-0.2, -0.15) is 11.8 Å². The lowest BCUT2D eigenvalue weighted by atomic mass is 10.2. The molecule has 1 N–H and O–H groups in total. The minimum Gasteiger partial charge on any atom is -0.466 e. The van der Waals surface area contributed by atoms with Crippen molar-refractivity contribution in [3.8, 4) is 0 Å². The van der Waals surface area contributed by atoms with Gasteiger partial charge in [-0.05, 0) is 32.4 Å². The van der Waals surface area contributed by atoms with Crippen LogP contribution in [-0.4, -0.2) is 36.2 Å². The molecule has 3 nitrogen and oxygen atoms in total. The van der Waals surface area contributed by atoms with E-state index in [-0.39, 0.29) is 12.0 Å². The zero-order valence-electron chi connectivity index (χ0n) is 9.62. The van der Waals surface area contributed by atoms with Gasteiger partial charge in [0.1, 0.15) is 0 Å². The number of esters is 1. The highest BCUT2D eigenvalue weighted by atomic mass is 32.2. The molecule has 0 amide bonds. The first kappa shape index (κ1) is 12.8. The average molecular weight is 231 g/mol. The van der Waals surface area contributed by atoms with Crippen LogP contribution in [0.2, 0.25) is 0 Å². The summed E-state index contributed by atoms with van der Waals surface area (Å²) in [6.07, 6.45) is 3.12. The first-order valence-corrected chi connectivity index (χ1v) is 6.78. The summed E-state index contributed by atoms with van der Waals surface area (Å²) in [5.74, 6) is 1.19. The second-order valence-electron chi connectivity index (χ2n) is 3.95. The van der Waals surface area contributed by atoms with Crippen LogP contribution in [0.4, 0.5) is 0 Å². The molecule has 1 rings (SSSR count). The van der Waals surface area contributed by atoms with E-state index >= 15 is 0 Å². The molecule has 2 unspecified atom stereocenters. The van der Waals surface area contributed by atoms with Gasteiger partial charge in [0.2, 0.25) is 0 Å². The first-order chi connectivity index (χ1) is 7.22. The minimum absolute atomic E-state index is 0.100. The van der Waals surface area contributed by atoms with Crippen molar-refractivity contribution in [2.24, 2.45) is 0 Å². The summed E-state index contributed by atoms with van der Waals surface area (Å²) in [5, 5.41) is 4.14. The van der Waals surface area contributed by atoms with E-state index in [4.69, 9.17) is 4.74 Å². The predicted molar refractivity (Wildman–Crippen MR) is 64.2 cm³/mol. The Balaban J connectivity index is 2.06. The third-order valence-electron chi connectivity index (χ3n) is 2.50.